The zero-order valence-corrected chi connectivity index (χ0v) is 24.5. The summed E-state index contributed by atoms with van der Waals surface area (Å²) in [5.74, 6) is -0.551. The number of pyridine rings is 1. The number of hydrogen-bond donors (Lipinski definition) is 2. The Balaban J connectivity index is 1.32. The molecule has 0 radical (unpaired) electrons. The van der Waals surface area contributed by atoms with E-state index in [9.17, 15) is 18.0 Å². The number of carbonyl (C=O) groups excluding carboxylic acids is 2. The molecule has 42 heavy (non-hydrogen) atoms. The number of hydrogen-bond acceptors (Lipinski definition) is 9. The monoisotopic (exact) mass is 591 g/mol. The Labute approximate surface area is 244 Å². The van der Waals surface area contributed by atoms with Gasteiger partial charge in [-0.05, 0) is 56.6 Å². The average Bonchev–Trinajstić information content (AvgIpc) is 3.38. The first-order valence-electron chi connectivity index (χ1n) is 13.9. The number of rotatable bonds is 10. The van der Waals surface area contributed by atoms with E-state index in [1.807, 2.05) is 24.3 Å². The lowest BCUT2D eigenvalue weighted by Crippen LogP contribution is -2.35. The maximum atomic E-state index is 13.7. The van der Waals surface area contributed by atoms with Crippen molar-refractivity contribution in [1.82, 2.24) is 15.0 Å². The highest BCUT2D eigenvalue weighted by atomic mass is 32.2. The van der Waals surface area contributed by atoms with Gasteiger partial charge in [-0.15, -0.1) is 0 Å². The summed E-state index contributed by atoms with van der Waals surface area (Å²) in [6.45, 7) is 7.91. The summed E-state index contributed by atoms with van der Waals surface area (Å²) in [6, 6.07) is 14.6. The second kappa shape index (κ2) is 12.3. The van der Waals surface area contributed by atoms with E-state index in [0.717, 1.165) is 37.2 Å². The lowest BCUT2D eigenvalue weighted by atomic mass is 9.95. The van der Waals surface area contributed by atoms with Crippen LogP contribution in [-0.4, -0.2) is 54.5 Å². The number of aromatic nitrogens is 2. The van der Waals surface area contributed by atoms with Crippen LogP contribution in [0.2, 0.25) is 0 Å². The number of sulfonamides is 1. The molecule has 0 bridgehead atoms. The molecule has 0 fully saturated rings. The van der Waals surface area contributed by atoms with Crippen LogP contribution in [0.25, 0.3) is 10.9 Å². The zero-order chi connectivity index (χ0) is 29.9. The van der Waals surface area contributed by atoms with Gasteiger partial charge in [0, 0.05) is 47.9 Å². The largest absolute Gasteiger partial charge is 0.449 e. The Bertz CT molecular complexity index is 1720. The number of nitrogens with one attached hydrogen (secondary N) is 2. The molecule has 1 amide bonds. The van der Waals surface area contributed by atoms with Gasteiger partial charge in [-0.1, -0.05) is 37.2 Å². The molecule has 0 saturated carbocycles. The zero-order valence-electron chi connectivity index (χ0n) is 23.7. The second-order valence-electron chi connectivity index (χ2n) is 10.2. The number of aryl methyl sites for hydroxylation is 1. The fourth-order valence-electron chi connectivity index (χ4n) is 5.05. The van der Waals surface area contributed by atoms with Crippen molar-refractivity contribution in [3.63, 3.8) is 0 Å². The van der Waals surface area contributed by atoms with E-state index >= 15 is 0 Å². The second-order valence-corrected chi connectivity index (χ2v) is 11.9. The number of para-hydroxylation sites is 1. The van der Waals surface area contributed by atoms with Crippen LogP contribution in [0, 0.1) is 6.92 Å². The molecule has 0 aliphatic carbocycles. The third kappa shape index (κ3) is 6.29. The van der Waals surface area contributed by atoms with Crippen LogP contribution < -0.4 is 10.0 Å². The van der Waals surface area contributed by atoms with E-state index in [1.54, 1.807) is 13.8 Å². The SMILES string of the molecule is CCCN1CCc2nc3ccccc3c(C(=O)OC(CC)C(=O)Nc3ccc(S(=O)(=O)Nc4cc(C)on4)cc3)c2C1. The van der Waals surface area contributed by atoms with Crippen LogP contribution >= 0.6 is 0 Å². The molecule has 4 aromatic rings. The summed E-state index contributed by atoms with van der Waals surface area (Å²) < 4.78 is 38.4. The summed E-state index contributed by atoms with van der Waals surface area (Å²) in [5.41, 5.74) is 3.25. The van der Waals surface area contributed by atoms with Gasteiger partial charge in [0.25, 0.3) is 15.9 Å². The predicted octanol–water partition coefficient (Wildman–Crippen LogP) is 4.67. The number of carbonyl (C=O) groups is 2. The van der Waals surface area contributed by atoms with Crippen LogP contribution in [0.1, 0.15) is 54.1 Å². The standard InChI is InChI=1S/C30H33N5O6S/c1-4-15-35-16-14-25-23(18-35)28(22-8-6-7-9-24(22)32-25)30(37)40-26(5-2)29(36)31-20-10-12-21(13-11-20)42(38,39)34-27-17-19(3)41-33-27/h6-13,17,26H,4-5,14-16,18H2,1-3H3,(H,31,36)(H,33,34). The summed E-state index contributed by atoms with van der Waals surface area (Å²) in [4.78, 5) is 34.0. The van der Waals surface area contributed by atoms with Crippen molar-refractivity contribution in [1.29, 1.82) is 0 Å². The summed E-state index contributed by atoms with van der Waals surface area (Å²) in [5, 5.41) is 7.06. The third-order valence-corrected chi connectivity index (χ3v) is 8.45. The number of esters is 1. The smallest absolute Gasteiger partial charge is 0.340 e. The van der Waals surface area contributed by atoms with Crippen LogP contribution in [0.3, 0.4) is 0 Å². The number of amides is 1. The van der Waals surface area contributed by atoms with Gasteiger partial charge in [0.1, 0.15) is 5.76 Å². The number of ether oxygens (including phenoxy) is 1. The molecule has 1 aliphatic rings. The van der Waals surface area contributed by atoms with E-state index in [-0.39, 0.29) is 17.1 Å². The van der Waals surface area contributed by atoms with Gasteiger partial charge in [0.15, 0.2) is 11.9 Å². The molecule has 2 aromatic heterocycles. The van der Waals surface area contributed by atoms with Crippen LogP contribution in [0.5, 0.6) is 0 Å². The number of fused-ring (bicyclic) bond motifs is 2. The lowest BCUT2D eigenvalue weighted by molar-refractivity contribution is -0.124. The van der Waals surface area contributed by atoms with Crippen molar-refractivity contribution in [2.24, 2.45) is 0 Å². The molecule has 220 valence electrons. The van der Waals surface area contributed by atoms with Crippen molar-refractivity contribution in [3.05, 3.63) is 77.2 Å². The molecule has 2 aromatic carbocycles. The van der Waals surface area contributed by atoms with Crippen LogP contribution in [0.4, 0.5) is 11.5 Å². The number of nitrogens with zero attached hydrogens (tertiary/aromatic N) is 3. The topological polar surface area (TPSA) is 144 Å². The Kier molecular flexibility index (Phi) is 8.55. The Hall–Kier alpha value is -4.29. The third-order valence-electron chi connectivity index (χ3n) is 7.08. The Morgan fingerprint density at radius 1 is 1.12 bits per heavy atom. The molecule has 1 unspecified atom stereocenters. The van der Waals surface area contributed by atoms with E-state index < -0.39 is 28.0 Å². The molecule has 11 nitrogen and oxygen atoms in total. The fourth-order valence-corrected chi connectivity index (χ4v) is 6.03. The van der Waals surface area contributed by atoms with E-state index in [1.165, 1.54) is 30.3 Å². The first-order valence-corrected chi connectivity index (χ1v) is 15.4. The van der Waals surface area contributed by atoms with E-state index in [0.29, 0.717) is 34.5 Å². The number of benzene rings is 2. The quantitative estimate of drug-likeness (QED) is 0.251. The van der Waals surface area contributed by atoms with Crippen molar-refractivity contribution in [3.8, 4) is 0 Å². The van der Waals surface area contributed by atoms with Crippen molar-refractivity contribution >= 4 is 44.3 Å². The molecule has 5 rings (SSSR count). The minimum atomic E-state index is -3.91. The summed E-state index contributed by atoms with van der Waals surface area (Å²) in [7, 11) is -3.91. The highest BCUT2D eigenvalue weighted by Crippen LogP contribution is 2.29. The van der Waals surface area contributed by atoms with Crippen LogP contribution in [-0.2, 0) is 32.5 Å². The first-order chi connectivity index (χ1) is 20.2. The van der Waals surface area contributed by atoms with Gasteiger partial charge in [0.05, 0.1) is 16.0 Å². The molecular formula is C30H33N5O6S. The van der Waals surface area contributed by atoms with Gasteiger partial charge >= 0.3 is 5.97 Å². The first kappa shape index (κ1) is 29.2. The predicted molar refractivity (Wildman–Crippen MR) is 158 cm³/mol. The van der Waals surface area contributed by atoms with E-state index in [2.05, 4.69) is 27.0 Å². The summed E-state index contributed by atoms with van der Waals surface area (Å²) >= 11 is 0. The summed E-state index contributed by atoms with van der Waals surface area (Å²) in [6.07, 6.45) is 0.922. The molecule has 0 saturated heterocycles. The molecule has 2 N–H and O–H groups in total. The minimum Gasteiger partial charge on any atom is -0.449 e. The van der Waals surface area contributed by atoms with Gasteiger partial charge in [-0.2, -0.15) is 0 Å². The minimum absolute atomic E-state index is 0.0222. The molecule has 0 spiro atoms. The molecule has 1 atom stereocenters. The molecular weight excluding hydrogens is 558 g/mol. The molecule has 3 heterocycles. The van der Waals surface area contributed by atoms with Gasteiger partial charge in [-0.25, -0.2) is 13.2 Å². The normalized spacial score (nSPS) is 14.3. The Morgan fingerprint density at radius 3 is 2.57 bits per heavy atom. The lowest BCUT2D eigenvalue weighted by Gasteiger charge is -2.30. The molecule has 12 heteroatoms. The van der Waals surface area contributed by atoms with Gasteiger partial charge < -0.3 is 14.6 Å². The van der Waals surface area contributed by atoms with Gasteiger partial charge in [0.2, 0.25) is 0 Å². The van der Waals surface area contributed by atoms with Crippen molar-refractivity contribution in [2.45, 2.75) is 57.6 Å². The highest BCUT2D eigenvalue weighted by Gasteiger charge is 2.29. The van der Waals surface area contributed by atoms with Gasteiger partial charge in [-0.3, -0.25) is 19.4 Å². The average molecular weight is 592 g/mol. The maximum absolute atomic E-state index is 13.7. The number of anilines is 2. The molecule has 1 aliphatic heterocycles. The Morgan fingerprint density at radius 2 is 1.88 bits per heavy atom. The van der Waals surface area contributed by atoms with Crippen LogP contribution in [0.15, 0.2) is 64.0 Å². The van der Waals surface area contributed by atoms with Crippen molar-refractivity contribution < 1.29 is 27.3 Å². The fraction of sp³-hybridized carbons (Fsp3) is 0.333. The highest BCUT2D eigenvalue weighted by molar-refractivity contribution is 7.92. The maximum Gasteiger partial charge on any atom is 0.340 e. The van der Waals surface area contributed by atoms with Crippen molar-refractivity contribution in [2.75, 3.05) is 23.1 Å². The van der Waals surface area contributed by atoms with E-state index in [4.69, 9.17) is 14.2 Å².